The molecular weight excluding hydrogens is 284 g/mol. The molecule has 2 nitrogen and oxygen atoms in total. The summed E-state index contributed by atoms with van der Waals surface area (Å²) < 4.78 is 5.87. The van der Waals surface area contributed by atoms with Gasteiger partial charge in [0.25, 0.3) is 0 Å². The van der Waals surface area contributed by atoms with E-state index in [0.29, 0.717) is 0 Å². The van der Waals surface area contributed by atoms with E-state index in [-0.39, 0.29) is 0 Å². The van der Waals surface area contributed by atoms with Crippen LogP contribution in [0.25, 0.3) is 0 Å². The molecule has 3 heteroatoms. The zero-order valence-electron chi connectivity index (χ0n) is 14.1. The van der Waals surface area contributed by atoms with E-state index in [2.05, 4.69) is 39.5 Å². The van der Waals surface area contributed by atoms with E-state index < -0.39 is 9.12 Å². The molecule has 0 aliphatic carbocycles. The Balaban J connectivity index is 1.73. The van der Waals surface area contributed by atoms with Gasteiger partial charge in [-0.2, -0.15) is 0 Å². The second-order valence-electron chi connectivity index (χ2n) is 7.07. The third-order valence-electron chi connectivity index (χ3n) is 5.39. The molecule has 3 rings (SSSR count). The zero-order valence-corrected chi connectivity index (χ0v) is 15.2. The van der Waals surface area contributed by atoms with Crippen molar-refractivity contribution in [3.8, 4) is 0 Å². The maximum absolute atomic E-state index is 2.94. The van der Waals surface area contributed by atoms with Crippen LogP contribution in [-0.4, -0.2) is 44.4 Å². The van der Waals surface area contributed by atoms with E-state index in [4.69, 9.17) is 0 Å². The molecule has 0 radical (unpaired) electrons. The average molecular weight is 317 g/mol. The Morgan fingerprint density at radius 3 is 1.55 bits per heavy atom. The van der Waals surface area contributed by atoms with Crippen LogP contribution in [0.4, 0.5) is 0 Å². The molecule has 0 unspecified atom stereocenters. The van der Waals surface area contributed by atoms with Crippen molar-refractivity contribution < 1.29 is 0 Å². The second kappa shape index (κ2) is 8.85. The van der Waals surface area contributed by atoms with Crippen molar-refractivity contribution >= 4 is 9.12 Å². The maximum Gasteiger partial charge on any atom is 0.194 e. The highest BCUT2D eigenvalue weighted by atomic mass is 28.3. The maximum atomic E-state index is 2.94. The van der Waals surface area contributed by atoms with Crippen molar-refractivity contribution in [2.45, 2.75) is 57.4 Å². The smallest absolute Gasteiger partial charge is 0.194 e. The largest absolute Gasteiger partial charge is 0.314 e. The van der Waals surface area contributed by atoms with Crippen LogP contribution in [0.2, 0.25) is 0 Å². The molecule has 0 amide bonds. The SMILES string of the molecule is c1ccc(C[SiH](N2CCCCCC2)N2CCCCCC2)cc1. The number of hydrogen-bond acceptors (Lipinski definition) is 2. The lowest BCUT2D eigenvalue weighted by Crippen LogP contribution is -2.55. The molecule has 2 aliphatic heterocycles. The Labute approximate surface area is 138 Å². The third-order valence-corrected chi connectivity index (χ3v) is 8.94. The summed E-state index contributed by atoms with van der Waals surface area (Å²) in [5.41, 5.74) is 1.56. The molecular formula is C19H32N2Si. The number of benzene rings is 1. The molecule has 1 aromatic rings. The van der Waals surface area contributed by atoms with Crippen LogP contribution in [0.5, 0.6) is 0 Å². The molecule has 2 fully saturated rings. The summed E-state index contributed by atoms with van der Waals surface area (Å²) >= 11 is 0. The molecule has 2 saturated heterocycles. The van der Waals surface area contributed by atoms with Gasteiger partial charge in [0.2, 0.25) is 0 Å². The van der Waals surface area contributed by atoms with Crippen LogP contribution < -0.4 is 0 Å². The van der Waals surface area contributed by atoms with E-state index in [1.54, 1.807) is 5.56 Å². The van der Waals surface area contributed by atoms with Gasteiger partial charge < -0.3 is 9.13 Å². The first-order valence-corrected chi connectivity index (χ1v) is 11.3. The van der Waals surface area contributed by atoms with Crippen molar-refractivity contribution in [1.29, 1.82) is 0 Å². The minimum Gasteiger partial charge on any atom is -0.314 e. The van der Waals surface area contributed by atoms with Crippen LogP contribution in [0.15, 0.2) is 30.3 Å². The van der Waals surface area contributed by atoms with Gasteiger partial charge in [0.1, 0.15) is 0 Å². The Kier molecular flexibility index (Phi) is 6.53. The summed E-state index contributed by atoms with van der Waals surface area (Å²) in [6.07, 6.45) is 11.5. The predicted octanol–water partition coefficient (Wildman–Crippen LogP) is 3.74. The summed E-state index contributed by atoms with van der Waals surface area (Å²) in [6.45, 7) is 5.45. The van der Waals surface area contributed by atoms with E-state index in [1.165, 1.54) is 83.6 Å². The minimum atomic E-state index is -1.01. The van der Waals surface area contributed by atoms with Gasteiger partial charge in [0.05, 0.1) is 0 Å². The van der Waals surface area contributed by atoms with Crippen molar-refractivity contribution in [3.05, 3.63) is 35.9 Å². The van der Waals surface area contributed by atoms with Crippen molar-refractivity contribution in [2.75, 3.05) is 26.2 Å². The van der Waals surface area contributed by atoms with Gasteiger partial charge in [-0.15, -0.1) is 0 Å². The van der Waals surface area contributed by atoms with E-state index >= 15 is 0 Å². The Hall–Kier alpha value is -0.643. The normalized spacial score (nSPS) is 22.4. The van der Waals surface area contributed by atoms with Crippen LogP contribution in [0, 0.1) is 0 Å². The molecule has 0 atom stereocenters. The predicted molar refractivity (Wildman–Crippen MR) is 97.4 cm³/mol. The summed E-state index contributed by atoms with van der Waals surface area (Å²) in [6, 6.07) is 12.6. The van der Waals surface area contributed by atoms with Gasteiger partial charge in [-0.25, -0.2) is 0 Å². The van der Waals surface area contributed by atoms with Crippen LogP contribution in [0.1, 0.15) is 56.9 Å². The highest BCUT2D eigenvalue weighted by Gasteiger charge is 2.28. The first-order valence-electron chi connectivity index (χ1n) is 9.45. The molecule has 2 aliphatic rings. The Morgan fingerprint density at radius 1 is 0.636 bits per heavy atom. The van der Waals surface area contributed by atoms with Gasteiger partial charge in [0, 0.05) is 0 Å². The van der Waals surface area contributed by atoms with Gasteiger partial charge in [0.15, 0.2) is 9.12 Å². The molecule has 0 bridgehead atoms. The number of nitrogens with zero attached hydrogens (tertiary/aromatic N) is 2. The number of hydrogen-bond donors (Lipinski definition) is 0. The van der Waals surface area contributed by atoms with Crippen molar-refractivity contribution in [2.24, 2.45) is 0 Å². The lowest BCUT2D eigenvalue weighted by molar-refractivity contribution is 0.351. The fourth-order valence-electron chi connectivity index (χ4n) is 4.10. The lowest BCUT2D eigenvalue weighted by atomic mass is 10.2. The third kappa shape index (κ3) is 4.67. The van der Waals surface area contributed by atoms with E-state index in [9.17, 15) is 0 Å². The summed E-state index contributed by atoms with van der Waals surface area (Å²) in [4.78, 5) is 0. The quantitative estimate of drug-likeness (QED) is 0.781. The highest BCUT2D eigenvalue weighted by molar-refractivity contribution is 6.52. The molecule has 122 valence electrons. The molecule has 0 aromatic heterocycles. The van der Waals surface area contributed by atoms with Crippen LogP contribution >= 0.6 is 0 Å². The van der Waals surface area contributed by atoms with Crippen LogP contribution in [0.3, 0.4) is 0 Å². The molecule has 1 aromatic carbocycles. The minimum absolute atomic E-state index is 1.01. The Morgan fingerprint density at radius 2 is 1.09 bits per heavy atom. The molecule has 0 saturated carbocycles. The first-order chi connectivity index (χ1) is 10.9. The van der Waals surface area contributed by atoms with E-state index in [0.717, 1.165) is 0 Å². The fraction of sp³-hybridized carbons (Fsp3) is 0.684. The van der Waals surface area contributed by atoms with E-state index in [1.807, 2.05) is 0 Å². The summed E-state index contributed by atoms with van der Waals surface area (Å²) in [7, 11) is -1.01. The molecule has 22 heavy (non-hydrogen) atoms. The topological polar surface area (TPSA) is 6.48 Å². The van der Waals surface area contributed by atoms with Gasteiger partial charge in [-0.1, -0.05) is 56.0 Å². The Bertz CT molecular complexity index is 387. The molecule has 2 heterocycles. The van der Waals surface area contributed by atoms with Gasteiger partial charge in [-0.3, -0.25) is 0 Å². The highest BCUT2D eigenvalue weighted by Crippen LogP contribution is 2.19. The standard InChI is InChI=1S/C19H32N2Si/c1-2-9-15-20(14-8-1)22(18-19-12-6-5-7-13-19)21-16-10-3-4-11-17-21/h5-7,12-13,22H,1-4,8-11,14-18H2. The summed E-state index contributed by atoms with van der Waals surface area (Å²) in [5.74, 6) is 0. The molecule has 0 N–H and O–H groups in total. The molecule has 0 spiro atoms. The first kappa shape index (κ1) is 16.2. The zero-order chi connectivity index (χ0) is 15.0. The average Bonchev–Trinajstić information content (AvgIpc) is 2.99. The summed E-state index contributed by atoms with van der Waals surface area (Å²) in [5, 5.41) is 0. The number of rotatable bonds is 4. The monoisotopic (exact) mass is 316 g/mol. The van der Waals surface area contributed by atoms with Gasteiger partial charge >= 0.3 is 0 Å². The van der Waals surface area contributed by atoms with Crippen LogP contribution in [-0.2, 0) is 6.04 Å². The van der Waals surface area contributed by atoms with Gasteiger partial charge in [-0.05, 0) is 63.5 Å². The van der Waals surface area contributed by atoms with Crippen molar-refractivity contribution in [3.63, 3.8) is 0 Å². The van der Waals surface area contributed by atoms with Crippen molar-refractivity contribution in [1.82, 2.24) is 9.13 Å². The second-order valence-corrected chi connectivity index (χ2v) is 9.90. The fourth-order valence-corrected chi connectivity index (χ4v) is 7.69. The lowest BCUT2D eigenvalue weighted by Gasteiger charge is -2.38.